The lowest BCUT2D eigenvalue weighted by Gasteiger charge is -2.33. The molecule has 1 saturated heterocycles. The van der Waals surface area contributed by atoms with Gasteiger partial charge in [0.05, 0.1) is 0 Å². The molecule has 6 nitrogen and oxygen atoms in total. The number of rotatable bonds is 5. The molecule has 0 spiro atoms. The Morgan fingerprint density at radius 2 is 1.72 bits per heavy atom. The number of anilines is 2. The first kappa shape index (κ1) is 19.2. The number of amides is 2. The number of hydrogen-bond donors (Lipinski definition) is 1. The van der Waals surface area contributed by atoms with E-state index in [1.165, 1.54) is 0 Å². The molecule has 0 atom stereocenters. The monoisotopic (exact) mass is 346 g/mol. The van der Waals surface area contributed by atoms with Crippen molar-refractivity contribution in [2.45, 2.75) is 27.7 Å². The standard InChI is InChI=1S/C19H30N4O2/c1-5-21-10-12-23(13-11-21)19(25)18(24)20-17-9-8-16(14-15(17)4)22(6-2)7-3/h8-9,14H,5-7,10-13H2,1-4H3,(H,20,24). The fourth-order valence-corrected chi connectivity index (χ4v) is 3.16. The van der Waals surface area contributed by atoms with Gasteiger partial charge in [-0.1, -0.05) is 6.92 Å². The van der Waals surface area contributed by atoms with Crippen molar-refractivity contribution in [3.63, 3.8) is 0 Å². The summed E-state index contributed by atoms with van der Waals surface area (Å²) in [6.45, 7) is 14.0. The quantitative estimate of drug-likeness (QED) is 0.828. The van der Waals surface area contributed by atoms with E-state index in [0.717, 1.165) is 44.0 Å². The predicted octanol–water partition coefficient (Wildman–Crippen LogP) is 1.94. The summed E-state index contributed by atoms with van der Waals surface area (Å²) in [4.78, 5) is 30.8. The number of aryl methyl sites for hydroxylation is 1. The van der Waals surface area contributed by atoms with Crippen LogP contribution in [0.25, 0.3) is 0 Å². The topological polar surface area (TPSA) is 55.9 Å². The molecule has 138 valence electrons. The summed E-state index contributed by atoms with van der Waals surface area (Å²) in [5, 5.41) is 2.77. The van der Waals surface area contributed by atoms with E-state index < -0.39 is 11.8 Å². The van der Waals surface area contributed by atoms with Crippen molar-refractivity contribution in [1.82, 2.24) is 9.80 Å². The SMILES string of the molecule is CCN1CCN(C(=O)C(=O)Nc2ccc(N(CC)CC)cc2C)CC1. The maximum Gasteiger partial charge on any atom is 0.313 e. The van der Waals surface area contributed by atoms with E-state index in [-0.39, 0.29) is 0 Å². The minimum absolute atomic E-state index is 0.442. The molecule has 1 aromatic carbocycles. The highest BCUT2D eigenvalue weighted by Crippen LogP contribution is 2.22. The third kappa shape index (κ3) is 4.72. The van der Waals surface area contributed by atoms with Crippen LogP contribution in [-0.4, -0.2) is 67.4 Å². The van der Waals surface area contributed by atoms with E-state index >= 15 is 0 Å². The summed E-state index contributed by atoms with van der Waals surface area (Å²) in [6.07, 6.45) is 0. The first-order chi connectivity index (χ1) is 12.0. The normalized spacial score (nSPS) is 15.1. The third-order valence-corrected chi connectivity index (χ3v) is 4.89. The molecule has 0 aliphatic carbocycles. The Morgan fingerprint density at radius 1 is 1.08 bits per heavy atom. The molecule has 1 aromatic rings. The molecule has 0 unspecified atom stereocenters. The van der Waals surface area contributed by atoms with Gasteiger partial charge in [-0.3, -0.25) is 9.59 Å². The zero-order valence-electron chi connectivity index (χ0n) is 15.8. The molecule has 2 rings (SSSR count). The van der Waals surface area contributed by atoms with Gasteiger partial charge in [0.1, 0.15) is 0 Å². The van der Waals surface area contributed by atoms with Crippen molar-refractivity contribution >= 4 is 23.2 Å². The second-order valence-electron chi connectivity index (χ2n) is 6.35. The molecule has 2 amide bonds. The second-order valence-corrected chi connectivity index (χ2v) is 6.35. The van der Waals surface area contributed by atoms with Crippen LogP contribution in [0.1, 0.15) is 26.3 Å². The van der Waals surface area contributed by atoms with Crippen molar-refractivity contribution in [2.75, 3.05) is 56.0 Å². The van der Waals surface area contributed by atoms with Crippen molar-refractivity contribution < 1.29 is 9.59 Å². The average molecular weight is 346 g/mol. The van der Waals surface area contributed by atoms with E-state index in [1.54, 1.807) is 4.90 Å². The lowest BCUT2D eigenvalue weighted by molar-refractivity contribution is -0.144. The minimum Gasteiger partial charge on any atom is -0.372 e. The molecular weight excluding hydrogens is 316 g/mol. The van der Waals surface area contributed by atoms with Gasteiger partial charge in [-0.25, -0.2) is 0 Å². The highest BCUT2D eigenvalue weighted by molar-refractivity contribution is 6.39. The van der Waals surface area contributed by atoms with E-state index in [4.69, 9.17) is 0 Å². The van der Waals surface area contributed by atoms with Gasteiger partial charge in [0.25, 0.3) is 0 Å². The lowest BCUT2D eigenvalue weighted by atomic mass is 10.1. The lowest BCUT2D eigenvalue weighted by Crippen LogP contribution is -2.51. The smallest absolute Gasteiger partial charge is 0.313 e. The molecule has 1 N–H and O–H groups in total. The molecule has 1 heterocycles. The fourth-order valence-electron chi connectivity index (χ4n) is 3.16. The van der Waals surface area contributed by atoms with E-state index in [2.05, 4.69) is 35.9 Å². The largest absolute Gasteiger partial charge is 0.372 e. The Kier molecular flexibility index (Phi) is 6.82. The minimum atomic E-state index is -0.552. The molecule has 6 heteroatoms. The van der Waals surface area contributed by atoms with Gasteiger partial charge in [-0.15, -0.1) is 0 Å². The molecule has 0 bridgehead atoms. The van der Waals surface area contributed by atoms with Gasteiger partial charge in [0, 0.05) is 50.6 Å². The van der Waals surface area contributed by atoms with Crippen LogP contribution in [0, 0.1) is 6.92 Å². The Morgan fingerprint density at radius 3 is 2.24 bits per heavy atom. The van der Waals surface area contributed by atoms with Crippen LogP contribution in [0.4, 0.5) is 11.4 Å². The fraction of sp³-hybridized carbons (Fsp3) is 0.579. The molecule has 1 aliphatic heterocycles. The van der Waals surface area contributed by atoms with Crippen LogP contribution in [0.2, 0.25) is 0 Å². The van der Waals surface area contributed by atoms with Gasteiger partial charge < -0.3 is 20.0 Å². The van der Waals surface area contributed by atoms with Crippen LogP contribution in [0.15, 0.2) is 18.2 Å². The summed E-state index contributed by atoms with van der Waals surface area (Å²) in [5.41, 5.74) is 2.78. The first-order valence-electron chi connectivity index (χ1n) is 9.18. The maximum atomic E-state index is 12.4. The van der Waals surface area contributed by atoms with Crippen LogP contribution < -0.4 is 10.2 Å². The van der Waals surface area contributed by atoms with E-state index in [0.29, 0.717) is 18.8 Å². The predicted molar refractivity (Wildman–Crippen MR) is 102 cm³/mol. The zero-order valence-corrected chi connectivity index (χ0v) is 15.8. The van der Waals surface area contributed by atoms with Gasteiger partial charge in [-0.2, -0.15) is 0 Å². The van der Waals surface area contributed by atoms with Crippen LogP contribution in [-0.2, 0) is 9.59 Å². The summed E-state index contributed by atoms with van der Waals surface area (Å²) < 4.78 is 0. The number of hydrogen-bond acceptors (Lipinski definition) is 4. The molecule has 25 heavy (non-hydrogen) atoms. The van der Waals surface area contributed by atoms with Crippen LogP contribution >= 0.6 is 0 Å². The third-order valence-electron chi connectivity index (χ3n) is 4.89. The van der Waals surface area contributed by atoms with Gasteiger partial charge in [-0.05, 0) is 51.1 Å². The highest BCUT2D eigenvalue weighted by atomic mass is 16.2. The summed E-state index contributed by atoms with van der Waals surface area (Å²) in [5.74, 6) is -0.994. The van der Waals surface area contributed by atoms with Crippen molar-refractivity contribution in [1.29, 1.82) is 0 Å². The Hall–Kier alpha value is -2.08. The second kappa shape index (κ2) is 8.85. The van der Waals surface area contributed by atoms with Crippen LogP contribution in [0.3, 0.4) is 0 Å². The molecule has 0 saturated carbocycles. The van der Waals surface area contributed by atoms with E-state index in [9.17, 15) is 9.59 Å². The number of benzene rings is 1. The van der Waals surface area contributed by atoms with Gasteiger partial charge >= 0.3 is 11.8 Å². The molecule has 1 aliphatic rings. The van der Waals surface area contributed by atoms with Crippen molar-refractivity contribution in [2.24, 2.45) is 0 Å². The van der Waals surface area contributed by atoms with E-state index in [1.807, 2.05) is 25.1 Å². The highest BCUT2D eigenvalue weighted by Gasteiger charge is 2.25. The Labute approximate surface area is 150 Å². The number of carbonyl (C=O) groups excluding carboxylic acids is 2. The number of nitrogens with zero attached hydrogens (tertiary/aromatic N) is 3. The van der Waals surface area contributed by atoms with Crippen molar-refractivity contribution in [3.05, 3.63) is 23.8 Å². The average Bonchev–Trinajstić information content (AvgIpc) is 2.64. The summed E-state index contributed by atoms with van der Waals surface area (Å²) >= 11 is 0. The maximum absolute atomic E-state index is 12.4. The van der Waals surface area contributed by atoms with Gasteiger partial charge in [0.2, 0.25) is 0 Å². The molecular formula is C19H30N4O2. The molecule has 0 radical (unpaired) electrons. The number of carbonyl (C=O) groups is 2. The Bertz CT molecular complexity index is 605. The van der Waals surface area contributed by atoms with Gasteiger partial charge in [0.15, 0.2) is 0 Å². The Balaban J connectivity index is 1.99. The zero-order chi connectivity index (χ0) is 18.4. The molecule has 1 fully saturated rings. The first-order valence-corrected chi connectivity index (χ1v) is 9.18. The molecule has 0 aromatic heterocycles. The number of piperazine rings is 1. The number of likely N-dealkylation sites (N-methyl/N-ethyl adjacent to an activating group) is 1. The summed E-state index contributed by atoms with van der Waals surface area (Å²) in [7, 11) is 0. The summed E-state index contributed by atoms with van der Waals surface area (Å²) in [6, 6.07) is 5.91. The number of nitrogens with one attached hydrogen (secondary N) is 1. The van der Waals surface area contributed by atoms with Crippen LogP contribution in [0.5, 0.6) is 0 Å². The van der Waals surface area contributed by atoms with Crippen molar-refractivity contribution in [3.8, 4) is 0 Å².